The van der Waals surface area contributed by atoms with Gasteiger partial charge in [0.2, 0.25) is 5.91 Å². The fourth-order valence-corrected chi connectivity index (χ4v) is 4.09. The molecule has 1 unspecified atom stereocenters. The lowest BCUT2D eigenvalue weighted by Gasteiger charge is -2.24. The Kier molecular flexibility index (Phi) is 8.09. The second-order valence-corrected chi connectivity index (χ2v) is 8.60. The van der Waals surface area contributed by atoms with Gasteiger partial charge in [-0.05, 0) is 48.4 Å². The van der Waals surface area contributed by atoms with Crippen LogP contribution in [0.2, 0.25) is 0 Å². The van der Waals surface area contributed by atoms with Gasteiger partial charge in [-0.25, -0.2) is 9.59 Å². The molecule has 2 aromatic carbocycles. The molecule has 1 atom stereocenters. The topological polar surface area (TPSA) is 105 Å². The van der Waals surface area contributed by atoms with Crippen LogP contribution in [0.5, 0.6) is 0 Å². The summed E-state index contributed by atoms with van der Waals surface area (Å²) < 4.78 is 5.50. The maximum Gasteiger partial charge on any atom is 0.407 e. The van der Waals surface area contributed by atoms with E-state index in [1.54, 1.807) is 6.92 Å². The third kappa shape index (κ3) is 5.92. The van der Waals surface area contributed by atoms with Crippen molar-refractivity contribution in [2.45, 2.75) is 57.4 Å². The Bertz CT molecular complexity index is 960. The number of unbranched alkanes of at least 4 members (excludes halogenated alkanes) is 2. The predicted molar refractivity (Wildman–Crippen MR) is 126 cm³/mol. The highest BCUT2D eigenvalue weighted by Gasteiger charge is 2.32. The fraction of sp³-hybridized carbons (Fsp3) is 0.423. The maximum absolute atomic E-state index is 12.2. The van der Waals surface area contributed by atoms with Crippen molar-refractivity contribution in [2.75, 3.05) is 13.2 Å². The van der Waals surface area contributed by atoms with Crippen molar-refractivity contribution < 1.29 is 24.2 Å². The van der Waals surface area contributed by atoms with Crippen LogP contribution in [0.15, 0.2) is 48.5 Å². The van der Waals surface area contributed by atoms with Gasteiger partial charge in [0, 0.05) is 18.9 Å². The molecule has 2 aromatic rings. The van der Waals surface area contributed by atoms with E-state index in [2.05, 4.69) is 34.9 Å². The molecule has 176 valence electrons. The minimum atomic E-state index is -1.23. The first-order valence-corrected chi connectivity index (χ1v) is 11.5. The van der Waals surface area contributed by atoms with Crippen LogP contribution in [-0.4, -0.2) is 41.8 Å². The molecular formula is C26H32N2O5. The van der Waals surface area contributed by atoms with Crippen LogP contribution in [0.25, 0.3) is 11.1 Å². The molecule has 0 bridgehead atoms. The summed E-state index contributed by atoms with van der Waals surface area (Å²) in [5, 5.41) is 14.6. The first kappa shape index (κ1) is 24.3. The Hall–Kier alpha value is -3.35. The largest absolute Gasteiger partial charge is 0.480 e. The quantitative estimate of drug-likeness (QED) is 0.437. The lowest BCUT2D eigenvalue weighted by atomic mass is 9.98. The molecule has 3 rings (SSSR count). The summed E-state index contributed by atoms with van der Waals surface area (Å²) in [5.74, 6) is -1.28. The first-order valence-electron chi connectivity index (χ1n) is 11.5. The second kappa shape index (κ2) is 11.0. The van der Waals surface area contributed by atoms with E-state index in [1.807, 2.05) is 24.3 Å². The monoisotopic (exact) mass is 452 g/mol. The van der Waals surface area contributed by atoms with Crippen LogP contribution in [0.3, 0.4) is 0 Å². The van der Waals surface area contributed by atoms with Gasteiger partial charge in [-0.2, -0.15) is 0 Å². The van der Waals surface area contributed by atoms with Gasteiger partial charge in [-0.1, -0.05) is 61.9 Å². The van der Waals surface area contributed by atoms with E-state index in [1.165, 1.54) is 29.2 Å². The lowest BCUT2D eigenvalue weighted by Crippen LogP contribution is -2.51. The van der Waals surface area contributed by atoms with E-state index >= 15 is 0 Å². The molecule has 33 heavy (non-hydrogen) atoms. The van der Waals surface area contributed by atoms with Crippen molar-refractivity contribution in [2.24, 2.45) is 0 Å². The zero-order chi connectivity index (χ0) is 23.8. The molecule has 3 N–H and O–H groups in total. The Morgan fingerprint density at radius 1 is 0.970 bits per heavy atom. The maximum atomic E-state index is 12.2. The van der Waals surface area contributed by atoms with Crippen LogP contribution < -0.4 is 10.6 Å². The van der Waals surface area contributed by atoms with Crippen LogP contribution in [0, 0.1) is 0 Å². The number of hydrogen-bond acceptors (Lipinski definition) is 4. The van der Waals surface area contributed by atoms with Gasteiger partial charge in [-0.15, -0.1) is 0 Å². The highest BCUT2D eigenvalue weighted by molar-refractivity contribution is 5.86. The SMILES string of the molecule is CCC(C)(NC(=O)CCCCCNC(=O)OCC1c2ccccc2-c2ccccc21)C(=O)O. The van der Waals surface area contributed by atoms with Gasteiger partial charge in [0.15, 0.2) is 0 Å². The third-order valence-electron chi connectivity index (χ3n) is 6.29. The van der Waals surface area contributed by atoms with Crippen molar-refractivity contribution in [1.82, 2.24) is 10.6 Å². The number of hydrogen-bond donors (Lipinski definition) is 3. The summed E-state index contributed by atoms with van der Waals surface area (Å²) in [6, 6.07) is 16.4. The lowest BCUT2D eigenvalue weighted by molar-refractivity contribution is -0.147. The van der Waals surface area contributed by atoms with Crippen molar-refractivity contribution >= 4 is 18.0 Å². The van der Waals surface area contributed by atoms with Gasteiger partial charge < -0.3 is 20.5 Å². The number of ether oxygens (including phenoxy) is 1. The van der Waals surface area contributed by atoms with Gasteiger partial charge in [-0.3, -0.25) is 4.79 Å². The van der Waals surface area contributed by atoms with Crippen molar-refractivity contribution in [3.05, 3.63) is 59.7 Å². The smallest absolute Gasteiger partial charge is 0.407 e. The van der Waals surface area contributed by atoms with Crippen molar-refractivity contribution in [1.29, 1.82) is 0 Å². The molecular weight excluding hydrogens is 420 g/mol. The van der Waals surface area contributed by atoms with Gasteiger partial charge in [0.1, 0.15) is 12.1 Å². The molecule has 0 fully saturated rings. The number of nitrogens with one attached hydrogen (secondary N) is 2. The molecule has 7 nitrogen and oxygen atoms in total. The van der Waals surface area contributed by atoms with Crippen molar-refractivity contribution in [3.8, 4) is 11.1 Å². The molecule has 0 aliphatic heterocycles. The number of fused-ring (bicyclic) bond motifs is 3. The first-order chi connectivity index (χ1) is 15.9. The second-order valence-electron chi connectivity index (χ2n) is 8.60. The molecule has 7 heteroatoms. The van der Waals surface area contributed by atoms with Crippen LogP contribution in [-0.2, 0) is 14.3 Å². The number of alkyl carbamates (subject to hydrolysis) is 1. The highest BCUT2D eigenvalue weighted by Crippen LogP contribution is 2.44. The molecule has 0 heterocycles. The summed E-state index contributed by atoms with van der Waals surface area (Å²) in [4.78, 5) is 35.4. The number of carboxylic acids is 1. The molecule has 0 spiro atoms. The number of carboxylic acid groups (broad SMARTS) is 1. The number of benzene rings is 2. The Morgan fingerprint density at radius 2 is 1.58 bits per heavy atom. The zero-order valence-corrected chi connectivity index (χ0v) is 19.2. The van der Waals surface area contributed by atoms with E-state index in [9.17, 15) is 19.5 Å². The van der Waals surface area contributed by atoms with Crippen LogP contribution >= 0.6 is 0 Å². The normalized spacial score (nSPS) is 14.0. The summed E-state index contributed by atoms with van der Waals surface area (Å²) >= 11 is 0. The highest BCUT2D eigenvalue weighted by atomic mass is 16.5. The average molecular weight is 453 g/mol. The van der Waals surface area contributed by atoms with Crippen LogP contribution in [0.4, 0.5) is 4.79 Å². The summed E-state index contributed by atoms with van der Waals surface area (Å²) in [6.45, 7) is 3.97. The Labute approximate surface area is 194 Å². The number of amides is 2. The predicted octanol–water partition coefficient (Wildman–Crippen LogP) is 4.46. The molecule has 1 aliphatic carbocycles. The molecule has 0 aromatic heterocycles. The zero-order valence-electron chi connectivity index (χ0n) is 19.2. The summed E-state index contributed by atoms with van der Waals surface area (Å²) in [5.41, 5.74) is 3.49. The summed E-state index contributed by atoms with van der Waals surface area (Å²) in [7, 11) is 0. The summed E-state index contributed by atoms with van der Waals surface area (Å²) in [6.07, 6.45) is 2.20. The number of rotatable bonds is 11. The van der Waals surface area contributed by atoms with E-state index in [0.29, 0.717) is 25.8 Å². The Balaban J connectivity index is 1.35. The fourth-order valence-electron chi connectivity index (χ4n) is 4.09. The molecule has 2 amide bonds. The van der Waals surface area contributed by atoms with E-state index < -0.39 is 17.6 Å². The van der Waals surface area contributed by atoms with Gasteiger partial charge in [0.25, 0.3) is 0 Å². The molecule has 1 aliphatic rings. The number of carbonyl (C=O) groups is 3. The standard InChI is InChI=1S/C26H32N2O5/c1-3-26(2,24(30)31)28-23(29)15-5-4-10-16-27-25(32)33-17-22-20-13-8-6-11-18(20)19-12-7-9-14-21(19)22/h6-9,11-14,22H,3-5,10,15-17H2,1-2H3,(H,27,32)(H,28,29)(H,30,31). The minimum absolute atomic E-state index is 0.0290. The van der Waals surface area contributed by atoms with Gasteiger partial charge in [0.05, 0.1) is 0 Å². The average Bonchev–Trinajstić information content (AvgIpc) is 3.13. The van der Waals surface area contributed by atoms with Crippen molar-refractivity contribution in [3.63, 3.8) is 0 Å². The molecule has 0 saturated carbocycles. The minimum Gasteiger partial charge on any atom is -0.480 e. The molecule has 0 saturated heterocycles. The van der Waals surface area contributed by atoms with Gasteiger partial charge >= 0.3 is 12.1 Å². The number of carbonyl (C=O) groups excluding carboxylic acids is 2. The van der Waals surface area contributed by atoms with E-state index in [4.69, 9.17) is 4.74 Å². The van der Waals surface area contributed by atoms with E-state index in [-0.39, 0.29) is 24.9 Å². The van der Waals surface area contributed by atoms with Crippen LogP contribution in [0.1, 0.15) is 63.0 Å². The Morgan fingerprint density at radius 3 is 2.15 bits per heavy atom. The third-order valence-corrected chi connectivity index (χ3v) is 6.29. The molecule has 0 radical (unpaired) electrons. The number of aliphatic carboxylic acids is 1. The van der Waals surface area contributed by atoms with E-state index in [0.717, 1.165) is 6.42 Å².